The Morgan fingerprint density at radius 3 is 2.58 bits per heavy atom. The monoisotopic (exact) mass is 506 g/mol. The minimum absolute atomic E-state index is 0.0503. The fourth-order valence-corrected chi connectivity index (χ4v) is 4.38. The Bertz CT molecular complexity index is 1000. The van der Waals surface area contributed by atoms with Crippen LogP contribution in [0.2, 0.25) is 0 Å². The highest BCUT2D eigenvalue weighted by atomic mass is 79.9. The first-order chi connectivity index (χ1) is 14.6. The maximum atomic E-state index is 12.3. The Morgan fingerprint density at radius 2 is 2.00 bits per heavy atom. The van der Waals surface area contributed by atoms with Crippen LogP contribution in [0, 0.1) is 18.3 Å². The summed E-state index contributed by atoms with van der Waals surface area (Å²) in [6.45, 7) is 10.5. The number of nitriles is 1. The molecule has 0 bridgehead atoms. The van der Waals surface area contributed by atoms with E-state index in [1.165, 1.54) is 5.56 Å². The molecule has 0 saturated carbocycles. The van der Waals surface area contributed by atoms with Crippen LogP contribution in [0.5, 0.6) is 5.75 Å². The van der Waals surface area contributed by atoms with E-state index in [0.29, 0.717) is 34.0 Å². The van der Waals surface area contributed by atoms with Gasteiger partial charge in [0.25, 0.3) is 0 Å². The average Bonchev–Trinajstić information content (AvgIpc) is 3.00. The summed E-state index contributed by atoms with van der Waals surface area (Å²) in [4.78, 5) is 24.7. The minimum atomic E-state index is -0.488. The number of nitrogens with one attached hydrogen (secondary N) is 1. The molecule has 0 aliphatic carbocycles. The van der Waals surface area contributed by atoms with Crippen molar-refractivity contribution in [1.29, 1.82) is 5.26 Å². The molecule has 1 aromatic carbocycles. The topological polar surface area (TPSA) is 88.4 Å². The third-order valence-corrected chi connectivity index (χ3v) is 6.38. The summed E-state index contributed by atoms with van der Waals surface area (Å²) >= 11 is 4.60. The molecule has 0 saturated heterocycles. The lowest BCUT2D eigenvalue weighted by Gasteiger charge is -2.20. The van der Waals surface area contributed by atoms with Crippen LogP contribution in [0.15, 0.2) is 22.7 Å². The summed E-state index contributed by atoms with van der Waals surface area (Å²) in [6, 6.07) is 8.07. The lowest BCUT2D eigenvalue weighted by molar-refractivity contribution is -0.116. The van der Waals surface area contributed by atoms with Crippen LogP contribution in [0.1, 0.15) is 66.9 Å². The maximum absolute atomic E-state index is 12.3. The molecule has 2 rings (SSSR count). The molecule has 1 aromatic heterocycles. The fraction of sp³-hybridized carbons (Fsp3) is 0.435. The molecule has 6 nitrogen and oxygen atoms in total. The van der Waals surface area contributed by atoms with Crippen molar-refractivity contribution in [3.8, 4) is 11.8 Å². The molecule has 166 valence electrons. The van der Waals surface area contributed by atoms with E-state index in [0.717, 1.165) is 21.6 Å². The third kappa shape index (κ3) is 6.55. The number of halogens is 1. The molecule has 0 unspecified atom stereocenters. The summed E-state index contributed by atoms with van der Waals surface area (Å²) in [5, 5.41) is 12.5. The molecule has 2 aromatic rings. The van der Waals surface area contributed by atoms with Gasteiger partial charge in [-0.25, -0.2) is 4.79 Å². The maximum Gasteiger partial charge on any atom is 0.348 e. The first-order valence-electron chi connectivity index (χ1n) is 10.0. The van der Waals surface area contributed by atoms with Crippen molar-refractivity contribution < 1.29 is 19.1 Å². The highest BCUT2D eigenvalue weighted by Crippen LogP contribution is 2.33. The molecule has 0 atom stereocenters. The number of hydrogen-bond donors (Lipinski definition) is 1. The molecule has 0 spiro atoms. The molecule has 0 fully saturated rings. The van der Waals surface area contributed by atoms with Crippen molar-refractivity contribution in [2.24, 2.45) is 0 Å². The van der Waals surface area contributed by atoms with E-state index in [1.807, 2.05) is 18.2 Å². The third-order valence-electron chi connectivity index (χ3n) is 4.58. The lowest BCUT2D eigenvalue weighted by atomic mass is 9.87. The van der Waals surface area contributed by atoms with Crippen molar-refractivity contribution in [1.82, 2.24) is 0 Å². The minimum Gasteiger partial charge on any atom is -0.492 e. The first-order valence-corrected chi connectivity index (χ1v) is 11.6. The smallest absolute Gasteiger partial charge is 0.348 e. The van der Waals surface area contributed by atoms with E-state index < -0.39 is 5.97 Å². The first kappa shape index (κ1) is 24.9. The van der Waals surface area contributed by atoms with E-state index >= 15 is 0 Å². The van der Waals surface area contributed by atoms with Gasteiger partial charge in [-0.1, -0.05) is 26.8 Å². The molecule has 0 aliphatic rings. The van der Waals surface area contributed by atoms with Gasteiger partial charge in [0.05, 0.1) is 23.2 Å². The molecule has 1 N–H and O–H groups in total. The van der Waals surface area contributed by atoms with Gasteiger partial charge in [-0.05, 0) is 64.9 Å². The van der Waals surface area contributed by atoms with E-state index in [2.05, 4.69) is 48.1 Å². The zero-order chi connectivity index (χ0) is 23.2. The lowest BCUT2D eigenvalue weighted by Crippen LogP contribution is -2.13. The van der Waals surface area contributed by atoms with Gasteiger partial charge in [-0.3, -0.25) is 4.79 Å². The molecule has 31 heavy (non-hydrogen) atoms. The number of esters is 1. The number of rotatable bonds is 8. The van der Waals surface area contributed by atoms with E-state index in [-0.39, 0.29) is 24.3 Å². The summed E-state index contributed by atoms with van der Waals surface area (Å²) < 4.78 is 11.7. The van der Waals surface area contributed by atoms with Crippen LogP contribution in [0.3, 0.4) is 0 Å². The van der Waals surface area contributed by atoms with Crippen LogP contribution >= 0.6 is 27.3 Å². The van der Waals surface area contributed by atoms with Gasteiger partial charge in [0.15, 0.2) is 0 Å². The Labute approximate surface area is 195 Å². The molecule has 0 radical (unpaired) electrons. The second-order valence-electron chi connectivity index (χ2n) is 7.99. The normalized spacial score (nSPS) is 11.0. The standard InChI is InChI=1S/C23H27BrN2O4S/c1-6-29-22(28)20-14(2)16(13-25)21(31-20)26-19(27)8-7-11-30-18-10-9-15(12-17(18)24)23(3,4)5/h9-10,12H,6-8,11H2,1-5H3,(H,26,27). The molecular weight excluding hydrogens is 480 g/mol. The number of nitrogens with zero attached hydrogens (tertiary/aromatic N) is 1. The number of benzene rings is 1. The van der Waals surface area contributed by atoms with Crippen LogP contribution < -0.4 is 10.1 Å². The van der Waals surface area contributed by atoms with Crippen molar-refractivity contribution in [2.45, 2.75) is 52.9 Å². The van der Waals surface area contributed by atoms with Crippen molar-refractivity contribution in [3.63, 3.8) is 0 Å². The quantitative estimate of drug-likeness (QED) is 0.352. The number of anilines is 1. The van der Waals surface area contributed by atoms with Gasteiger partial charge in [0, 0.05) is 6.42 Å². The van der Waals surface area contributed by atoms with Crippen molar-refractivity contribution >= 4 is 44.1 Å². The van der Waals surface area contributed by atoms with Crippen LogP contribution in [-0.2, 0) is 14.9 Å². The number of thiophene rings is 1. The number of amides is 1. The van der Waals surface area contributed by atoms with Gasteiger partial charge < -0.3 is 14.8 Å². The average molecular weight is 507 g/mol. The highest BCUT2D eigenvalue weighted by molar-refractivity contribution is 9.10. The van der Waals surface area contributed by atoms with E-state index in [1.54, 1.807) is 13.8 Å². The molecular formula is C23H27BrN2O4S. The number of carbonyl (C=O) groups is 2. The molecule has 8 heteroatoms. The van der Waals surface area contributed by atoms with E-state index in [4.69, 9.17) is 9.47 Å². The number of ether oxygens (including phenoxy) is 2. The Morgan fingerprint density at radius 1 is 1.29 bits per heavy atom. The second-order valence-corrected chi connectivity index (χ2v) is 9.86. The zero-order valence-corrected chi connectivity index (χ0v) is 20.8. The van der Waals surface area contributed by atoms with E-state index in [9.17, 15) is 14.9 Å². The second kappa shape index (κ2) is 10.8. The molecule has 0 aliphatic heterocycles. The molecule has 1 amide bonds. The summed E-state index contributed by atoms with van der Waals surface area (Å²) in [5.41, 5.74) is 2.07. The molecule has 1 heterocycles. The zero-order valence-electron chi connectivity index (χ0n) is 18.4. The summed E-state index contributed by atoms with van der Waals surface area (Å²) in [7, 11) is 0. The van der Waals surface area contributed by atoms with Crippen molar-refractivity contribution in [2.75, 3.05) is 18.5 Å². The largest absolute Gasteiger partial charge is 0.492 e. The Hall–Kier alpha value is -2.37. The van der Waals surface area contributed by atoms with Gasteiger partial charge in [-0.15, -0.1) is 11.3 Å². The summed E-state index contributed by atoms with van der Waals surface area (Å²) in [5.74, 6) is 0.00509. The van der Waals surface area contributed by atoms with Gasteiger partial charge in [0.1, 0.15) is 21.7 Å². The van der Waals surface area contributed by atoms with Crippen LogP contribution in [0.4, 0.5) is 5.00 Å². The van der Waals surface area contributed by atoms with Gasteiger partial charge >= 0.3 is 5.97 Å². The van der Waals surface area contributed by atoms with Gasteiger partial charge in [0.2, 0.25) is 5.91 Å². The Kier molecular flexibility index (Phi) is 8.66. The number of carbonyl (C=O) groups excluding carboxylic acids is 2. The Balaban J connectivity index is 1.91. The predicted molar refractivity (Wildman–Crippen MR) is 126 cm³/mol. The summed E-state index contributed by atoms with van der Waals surface area (Å²) in [6.07, 6.45) is 0.741. The SMILES string of the molecule is CCOC(=O)c1sc(NC(=O)CCCOc2ccc(C(C)(C)C)cc2Br)c(C#N)c1C. The predicted octanol–water partition coefficient (Wildman–Crippen LogP) is 5.96. The van der Waals surface area contributed by atoms with Crippen LogP contribution in [0.25, 0.3) is 0 Å². The van der Waals surface area contributed by atoms with Gasteiger partial charge in [-0.2, -0.15) is 5.26 Å². The fourth-order valence-electron chi connectivity index (χ4n) is 2.82. The van der Waals surface area contributed by atoms with Crippen LogP contribution in [-0.4, -0.2) is 25.1 Å². The number of hydrogen-bond acceptors (Lipinski definition) is 6. The van der Waals surface area contributed by atoms with Crippen molar-refractivity contribution in [3.05, 3.63) is 44.2 Å². The highest BCUT2D eigenvalue weighted by Gasteiger charge is 2.22.